The average molecular weight is 289 g/mol. The maximum Gasteiger partial charge on any atom is 0.328 e. The van der Waals surface area contributed by atoms with E-state index in [0.29, 0.717) is 5.39 Å². The Morgan fingerprint density at radius 2 is 1.95 bits per heavy atom. The molecule has 0 unspecified atom stereocenters. The van der Waals surface area contributed by atoms with E-state index in [0.717, 1.165) is 5.52 Å². The summed E-state index contributed by atoms with van der Waals surface area (Å²) in [7, 11) is 1.30. The second kappa shape index (κ2) is 5.55. The van der Waals surface area contributed by atoms with Crippen molar-refractivity contribution in [3.63, 3.8) is 0 Å². The van der Waals surface area contributed by atoms with Gasteiger partial charge in [-0.05, 0) is 11.5 Å². The molecule has 1 aromatic carbocycles. The van der Waals surface area contributed by atoms with Gasteiger partial charge < -0.3 is 10.1 Å². The number of aromatic amines is 1. The second-order valence-electron chi connectivity index (χ2n) is 5.91. The highest BCUT2D eigenvalue weighted by atomic mass is 16.5. The summed E-state index contributed by atoms with van der Waals surface area (Å²) in [5.74, 6) is -0.881. The fourth-order valence-electron chi connectivity index (χ4n) is 2.08. The van der Waals surface area contributed by atoms with Gasteiger partial charge in [0.1, 0.15) is 6.04 Å². The van der Waals surface area contributed by atoms with Gasteiger partial charge in [-0.2, -0.15) is 5.10 Å². The molecule has 21 heavy (non-hydrogen) atoms. The molecule has 0 radical (unpaired) electrons. The molecule has 1 atom stereocenters. The van der Waals surface area contributed by atoms with E-state index in [9.17, 15) is 9.59 Å². The lowest BCUT2D eigenvalue weighted by molar-refractivity contribution is -0.145. The second-order valence-corrected chi connectivity index (χ2v) is 5.91. The van der Waals surface area contributed by atoms with Gasteiger partial charge in [0.15, 0.2) is 5.69 Å². The average Bonchev–Trinajstić information content (AvgIpc) is 2.86. The lowest BCUT2D eigenvalue weighted by Gasteiger charge is -2.28. The molecule has 0 saturated carbocycles. The molecule has 0 spiro atoms. The molecule has 1 heterocycles. The van der Waals surface area contributed by atoms with Crippen LogP contribution < -0.4 is 5.32 Å². The van der Waals surface area contributed by atoms with Gasteiger partial charge in [0, 0.05) is 5.39 Å². The van der Waals surface area contributed by atoms with Crippen molar-refractivity contribution in [2.75, 3.05) is 7.11 Å². The number of H-pyrrole nitrogens is 1. The smallest absolute Gasteiger partial charge is 0.328 e. The van der Waals surface area contributed by atoms with Gasteiger partial charge in [-0.15, -0.1) is 0 Å². The van der Waals surface area contributed by atoms with Crippen LogP contribution in [0.3, 0.4) is 0 Å². The largest absolute Gasteiger partial charge is 0.467 e. The Morgan fingerprint density at radius 3 is 2.57 bits per heavy atom. The predicted octanol–water partition coefficient (Wildman–Crippen LogP) is 1.88. The molecule has 0 bridgehead atoms. The van der Waals surface area contributed by atoms with Crippen molar-refractivity contribution in [2.45, 2.75) is 26.8 Å². The van der Waals surface area contributed by atoms with E-state index in [-0.39, 0.29) is 5.69 Å². The van der Waals surface area contributed by atoms with Crippen molar-refractivity contribution in [1.29, 1.82) is 0 Å². The first-order valence-corrected chi connectivity index (χ1v) is 6.66. The van der Waals surface area contributed by atoms with E-state index in [1.165, 1.54) is 7.11 Å². The molecule has 1 amide bonds. The van der Waals surface area contributed by atoms with E-state index < -0.39 is 23.3 Å². The lowest BCUT2D eigenvalue weighted by Crippen LogP contribution is -2.49. The van der Waals surface area contributed by atoms with Gasteiger partial charge in [0.2, 0.25) is 0 Å². The van der Waals surface area contributed by atoms with Crippen LogP contribution in [0.1, 0.15) is 31.3 Å². The number of hydrogen-bond acceptors (Lipinski definition) is 4. The van der Waals surface area contributed by atoms with Gasteiger partial charge >= 0.3 is 5.97 Å². The number of para-hydroxylation sites is 1. The Kier molecular flexibility index (Phi) is 3.97. The molecule has 0 aliphatic rings. The van der Waals surface area contributed by atoms with Crippen LogP contribution in [-0.2, 0) is 9.53 Å². The number of nitrogens with one attached hydrogen (secondary N) is 2. The van der Waals surface area contributed by atoms with Crippen LogP contribution in [0.25, 0.3) is 10.9 Å². The van der Waals surface area contributed by atoms with Crippen LogP contribution in [0.15, 0.2) is 24.3 Å². The zero-order valence-corrected chi connectivity index (χ0v) is 12.6. The molecule has 112 valence electrons. The molecule has 0 saturated heterocycles. The summed E-state index contributed by atoms with van der Waals surface area (Å²) in [6.45, 7) is 5.58. The van der Waals surface area contributed by atoms with Gasteiger partial charge in [-0.3, -0.25) is 9.89 Å². The first-order chi connectivity index (χ1) is 9.84. The van der Waals surface area contributed by atoms with Crippen LogP contribution in [0, 0.1) is 5.41 Å². The lowest BCUT2D eigenvalue weighted by atomic mass is 9.86. The van der Waals surface area contributed by atoms with Crippen molar-refractivity contribution in [1.82, 2.24) is 15.5 Å². The van der Waals surface area contributed by atoms with Crippen LogP contribution in [-0.4, -0.2) is 35.2 Å². The van der Waals surface area contributed by atoms with Crippen molar-refractivity contribution in [3.8, 4) is 0 Å². The van der Waals surface area contributed by atoms with Crippen molar-refractivity contribution in [2.24, 2.45) is 5.41 Å². The summed E-state index contributed by atoms with van der Waals surface area (Å²) in [6, 6.07) is 6.58. The third-order valence-corrected chi connectivity index (χ3v) is 3.26. The third-order valence-electron chi connectivity index (χ3n) is 3.26. The minimum Gasteiger partial charge on any atom is -0.467 e. The quantitative estimate of drug-likeness (QED) is 0.845. The monoisotopic (exact) mass is 289 g/mol. The molecule has 0 fully saturated rings. The molecule has 0 aliphatic heterocycles. The van der Waals surface area contributed by atoms with Crippen LogP contribution in [0.4, 0.5) is 0 Å². The summed E-state index contributed by atoms with van der Waals surface area (Å²) in [6.07, 6.45) is 0. The number of fused-ring (bicyclic) bond motifs is 1. The molecule has 2 N–H and O–H groups in total. The van der Waals surface area contributed by atoms with E-state index in [2.05, 4.69) is 15.5 Å². The number of methoxy groups -OCH3 is 1. The minimum absolute atomic E-state index is 0.267. The SMILES string of the molecule is COC(=O)[C@H](NC(=O)c1n[nH]c2ccccc12)C(C)(C)C. The maximum absolute atomic E-state index is 12.4. The predicted molar refractivity (Wildman–Crippen MR) is 78.8 cm³/mol. The highest BCUT2D eigenvalue weighted by molar-refractivity contribution is 6.05. The first-order valence-electron chi connectivity index (χ1n) is 6.66. The zero-order valence-electron chi connectivity index (χ0n) is 12.6. The Hall–Kier alpha value is -2.37. The first kappa shape index (κ1) is 15.0. The summed E-state index contributed by atoms with van der Waals surface area (Å²) < 4.78 is 4.76. The number of carbonyl (C=O) groups excluding carboxylic acids is 2. The normalized spacial score (nSPS) is 13.0. The topological polar surface area (TPSA) is 84.1 Å². The van der Waals surface area contributed by atoms with Gasteiger partial charge in [0.05, 0.1) is 12.6 Å². The van der Waals surface area contributed by atoms with Gasteiger partial charge in [0.25, 0.3) is 5.91 Å². The van der Waals surface area contributed by atoms with E-state index in [1.54, 1.807) is 6.07 Å². The molecule has 2 aromatic rings. The van der Waals surface area contributed by atoms with Gasteiger partial charge in [-0.1, -0.05) is 39.0 Å². The van der Waals surface area contributed by atoms with Gasteiger partial charge in [-0.25, -0.2) is 4.79 Å². The van der Waals surface area contributed by atoms with Crippen molar-refractivity contribution >= 4 is 22.8 Å². The number of esters is 1. The number of hydrogen-bond donors (Lipinski definition) is 2. The van der Waals surface area contributed by atoms with E-state index >= 15 is 0 Å². The molecular formula is C15H19N3O3. The standard InChI is InChI=1S/C15H19N3O3/c1-15(2,3)12(14(20)21-4)16-13(19)11-9-7-5-6-8-10(9)17-18-11/h5-8,12H,1-4H3,(H,16,19)(H,17,18)/t12-/m0/s1. The summed E-state index contributed by atoms with van der Waals surface area (Å²) in [4.78, 5) is 24.3. The molecular weight excluding hydrogens is 270 g/mol. The number of rotatable bonds is 3. The minimum atomic E-state index is -0.745. The summed E-state index contributed by atoms with van der Waals surface area (Å²) in [5.41, 5.74) is 0.575. The van der Waals surface area contributed by atoms with Crippen LogP contribution >= 0.6 is 0 Å². The highest BCUT2D eigenvalue weighted by Crippen LogP contribution is 2.22. The zero-order chi connectivity index (χ0) is 15.6. The maximum atomic E-state index is 12.4. The number of amides is 1. The molecule has 1 aromatic heterocycles. The van der Waals surface area contributed by atoms with E-state index in [4.69, 9.17) is 4.74 Å². The number of nitrogens with zero attached hydrogens (tertiary/aromatic N) is 1. The third kappa shape index (κ3) is 3.04. The molecule has 2 rings (SSSR count). The molecule has 6 nitrogen and oxygen atoms in total. The fourth-order valence-corrected chi connectivity index (χ4v) is 2.08. The number of carbonyl (C=O) groups is 2. The van der Waals surface area contributed by atoms with Crippen molar-refractivity contribution in [3.05, 3.63) is 30.0 Å². The Labute approximate surface area is 122 Å². The number of benzene rings is 1. The molecule has 0 aliphatic carbocycles. The fraction of sp³-hybridized carbons (Fsp3) is 0.400. The van der Waals surface area contributed by atoms with E-state index in [1.807, 2.05) is 39.0 Å². The summed E-state index contributed by atoms with van der Waals surface area (Å²) >= 11 is 0. The number of ether oxygens (including phenoxy) is 1. The summed E-state index contributed by atoms with van der Waals surface area (Å²) in [5, 5.41) is 10.2. The Bertz CT molecular complexity index is 670. The van der Waals surface area contributed by atoms with Crippen molar-refractivity contribution < 1.29 is 14.3 Å². The number of aromatic nitrogens is 2. The highest BCUT2D eigenvalue weighted by Gasteiger charge is 2.34. The molecule has 6 heteroatoms. The van der Waals surface area contributed by atoms with Crippen LogP contribution in [0.5, 0.6) is 0 Å². The van der Waals surface area contributed by atoms with Crippen LogP contribution in [0.2, 0.25) is 0 Å². The Balaban J connectivity index is 2.29. The Morgan fingerprint density at radius 1 is 1.29 bits per heavy atom.